The summed E-state index contributed by atoms with van der Waals surface area (Å²) >= 11 is 0. The van der Waals surface area contributed by atoms with Crippen LogP contribution in [0.2, 0.25) is 0 Å². The van der Waals surface area contributed by atoms with Gasteiger partial charge in [-0.25, -0.2) is 4.79 Å². The fourth-order valence-corrected chi connectivity index (χ4v) is 3.25. The molecule has 0 bridgehead atoms. The van der Waals surface area contributed by atoms with Gasteiger partial charge in [0.05, 0.1) is 22.4 Å². The van der Waals surface area contributed by atoms with Crippen LogP contribution in [0.4, 0.5) is 0 Å². The number of nitrogens with zero attached hydrogens (tertiary/aromatic N) is 2. The number of hydrogen-bond donors (Lipinski definition) is 2. The summed E-state index contributed by atoms with van der Waals surface area (Å²) in [6.07, 6.45) is 0. The summed E-state index contributed by atoms with van der Waals surface area (Å²) in [4.78, 5) is 17.5. The summed E-state index contributed by atoms with van der Waals surface area (Å²) in [6, 6.07) is 3.92. The van der Waals surface area contributed by atoms with Crippen LogP contribution in [0.15, 0.2) is 26.0 Å². The molecular formula is C17H16N4O3. The van der Waals surface area contributed by atoms with Crippen molar-refractivity contribution in [1.29, 1.82) is 0 Å². The van der Waals surface area contributed by atoms with Crippen LogP contribution < -0.4 is 5.69 Å². The standard InChI is InChI=1S/C17H16N4O3/c1-7-14(9(3)23-20-7)11-5-12(15-8(2)21-24-10(15)4)16-13(6-11)18-17(22)19-16/h5-6H,1-4H3,(H2,18,19,22). The average molecular weight is 324 g/mol. The predicted molar refractivity (Wildman–Crippen MR) is 88.9 cm³/mol. The first kappa shape index (κ1) is 14.5. The molecule has 3 aromatic heterocycles. The van der Waals surface area contributed by atoms with Crippen molar-refractivity contribution in [3.05, 3.63) is 45.5 Å². The van der Waals surface area contributed by atoms with Crippen LogP contribution in [0.3, 0.4) is 0 Å². The Labute approximate surface area is 136 Å². The fourth-order valence-electron chi connectivity index (χ4n) is 3.25. The van der Waals surface area contributed by atoms with Gasteiger partial charge in [0, 0.05) is 16.7 Å². The molecule has 7 heteroatoms. The molecule has 0 aliphatic rings. The summed E-state index contributed by atoms with van der Waals surface area (Å²) < 4.78 is 10.6. The van der Waals surface area contributed by atoms with Crippen LogP contribution in [0.25, 0.3) is 33.3 Å². The number of rotatable bonds is 2. The average Bonchev–Trinajstić information content (AvgIpc) is 3.16. The van der Waals surface area contributed by atoms with E-state index in [4.69, 9.17) is 9.05 Å². The number of aromatic nitrogens is 4. The minimum absolute atomic E-state index is 0.256. The Morgan fingerprint density at radius 3 is 2.08 bits per heavy atom. The molecule has 0 fully saturated rings. The molecule has 0 radical (unpaired) electrons. The van der Waals surface area contributed by atoms with Gasteiger partial charge in [-0.15, -0.1) is 0 Å². The van der Waals surface area contributed by atoms with Gasteiger partial charge in [-0.2, -0.15) is 0 Å². The van der Waals surface area contributed by atoms with Crippen molar-refractivity contribution in [2.45, 2.75) is 27.7 Å². The first-order chi connectivity index (χ1) is 11.5. The zero-order chi connectivity index (χ0) is 17.0. The van der Waals surface area contributed by atoms with Crippen molar-refractivity contribution in [3.63, 3.8) is 0 Å². The number of H-pyrrole nitrogens is 2. The van der Waals surface area contributed by atoms with Crippen molar-refractivity contribution in [2.75, 3.05) is 0 Å². The molecule has 0 aliphatic carbocycles. The zero-order valence-electron chi connectivity index (χ0n) is 13.8. The van der Waals surface area contributed by atoms with Crippen LogP contribution in [0.5, 0.6) is 0 Å². The third kappa shape index (κ3) is 2.01. The van der Waals surface area contributed by atoms with Gasteiger partial charge < -0.3 is 19.0 Å². The maximum absolute atomic E-state index is 11.8. The van der Waals surface area contributed by atoms with E-state index in [0.29, 0.717) is 11.3 Å². The van der Waals surface area contributed by atoms with E-state index in [1.165, 1.54) is 0 Å². The van der Waals surface area contributed by atoms with Crippen LogP contribution >= 0.6 is 0 Å². The van der Waals surface area contributed by atoms with E-state index in [1.54, 1.807) is 0 Å². The van der Waals surface area contributed by atoms with Gasteiger partial charge in [0.15, 0.2) is 0 Å². The Morgan fingerprint density at radius 2 is 1.50 bits per heavy atom. The summed E-state index contributed by atoms with van der Waals surface area (Å²) in [5, 5.41) is 8.05. The molecule has 0 spiro atoms. The number of fused-ring (bicyclic) bond motifs is 1. The molecule has 122 valence electrons. The smallest absolute Gasteiger partial charge is 0.323 e. The number of hydrogen-bond acceptors (Lipinski definition) is 5. The Bertz CT molecular complexity index is 1090. The van der Waals surface area contributed by atoms with E-state index in [2.05, 4.69) is 20.3 Å². The normalized spacial score (nSPS) is 11.5. The molecule has 7 nitrogen and oxygen atoms in total. The van der Waals surface area contributed by atoms with E-state index in [1.807, 2.05) is 39.8 Å². The SMILES string of the molecule is Cc1noc(C)c1-c1cc(-c2c(C)noc2C)c2[nH]c(=O)[nH]c2c1. The van der Waals surface area contributed by atoms with Crippen LogP contribution in [0.1, 0.15) is 22.9 Å². The lowest BCUT2D eigenvalue weighted by Crippen LogP contribution is -1.99. The van der Waals surface area contributed by atoms with E-state index in [9.17, 15) is 4.79 Å². The number of benzene rings is 1. The lowest BCUT2D eigenvalue weighted by Gasteiger charge is -2.07. The molecule has 4 aromatic rings. The largest absolute Gasteiger partial charge is 0.361 e. The van der Waals surface area contributed by atoms with Gasteiger partial charge in [-0.05, 0) is 45.4 Å². The molecule has 2 N–H and O–H groups in total. The third-order valence-electron chi connectivity index (χ3n) is 4.25. The van der Waals surface area contributed by atoms with Crippen molar-refractivity contribution >= 4 is 11.0 Å². The molecule has 1 aromatic carbocycles. The number of imidazole rings is 1. The maximum Gasteiger partial charge on any atom is 0.323 e. The van der Waals surface area contributed by atoms with Crippen molar-refractivity contribution in [3.8, 4) is 22.3 Å². The first-order valence-electron chi connectivity index (χ1n) is 7.58. The highest BCUT2D eigenvalue weighted by Gasteiger charge is 2.20. The molecule has 24 heavy (non-hydrogen) atoms. The van der Waals surface area contributed by atoms with Gasteiger partial charge >= 0.3 is 5.69 Å². The minimum atomic E-state index is -0.256. The van der Waals surface area contributed by atoms with Gasteiger partial charge in [-0.1, -0.05) is 10.3 Å². The van der Waals surface area contributed by atoms with Crippen LogP contribution in [0, 0.1) is 27.7 Å². The Balaban J connectivity index is 2.11. The minimum Gasteiger partial charge on any atom is -0.361 e. The molecule has 0 unspecified atom stereocenters. The molecule has 0 saturated heterocycles. The molecule has 4 rings (SSSR count). The van der Waals surface area contributed by atoms with Crippen molar-refractivity contribution < 1.29 is 9.05 Å². The Kier molecular flexibility index (Phi) is 2.99. The summed E-state index contributed by atoms with van der Waals surface area (Å²) in [6.45, 7) is 7.50. The van der Waals surface area contributed by atoms with Gasteiger partial charge in [0.1, 0.15) is 11.5 Å². The van der Waals surface area contributed by atoms with E-state index in [-0.39, 0.29) is 5.69 Å². The second kappa shape index (κ2) is 4.95. The van der Waals surface area contributed by atoms with Crippen molar-refractivity contribution in [1.82, 2.24) is 20.3 Å². The zero-order valence-corrected chi connectivity index (χ0v) is 13.8. The highest BCUT2D eigenvalue weighted by molar-refractivity contribution is 5.97. The summed E-state index contributed by atoms with van der Waals surface area (Å²) in [5.41, 5.74) is 6.34. The van der Waals surface area contributed by atoms with Crippen molar-refractivity contribution in [2.24, 2.45) is 0 Å². The molecule has 0 saturated carbocycles. The van der Waals surface area contributed by atoms with Gasteiger partial charge in [0.2, 0.25) is 0 Å². The lowest BCUT2D eigenvalue weighted by atomic mass is 9.96. The monoisotopic (exact) mass is 324 g/mol. The second-order valence-electron chi connectivity index (χ2n) is 5.92. The summed E-state index contributed by atoms with van der Waals surface area (Å²) in [5.74, 6) is 1.43. The number of nitrogens with one attached hydrogen (secondary N) is 2. The van der Waals surface area contributed by atoms with E-state index < -0.39 is 0 Å². The molecule has 0 aliphatic heterocycles. The molecule has 3 heterocycles. The molecule has 0 atom stereocenters. The quantitative estimate of drug-likeness (QED) is 0.588. The first-order valence-corrected chi connectivity index (χ1v) is 7.58. The third-order valence-corrected chi connectivity index (χ3v) is 4.25. The maximum atomic E-state index is 11.8. The van der Waals surface area contributed by atoms with Crippen LogP contribution in [-0.4, -0.2) is 20.3 Å². The van der Waals surface area contributed by atoms with Gasteiger partial charge in [-0.3, -0.25) is 0 Å². The Morgan fingerprint density at radius 1 is 0.875 bits per heavy atom. The molecule has 0 amide bonds. The number of aromatic amines is 2. The fraction of sp³-hybridized carbons (Fsp3) is 0.235. The lowest BCUT2D eigenvalue weighted by molar-refractivity contribution is 0.393. The van der Waals surface area contributed by atoms with Crippen LogP contribution in [-0.2, 0) is 0 Å². The topological polar surface area (TPSA) is 101 Å². The van der Waals surface area contributed by atoms with Gasteiger partial charge in [0.25, 0.3) is 0 Å². The Hall–Kier alpha value is -3.09. The van der Waals surface area contributed by atoms with E-state index in [0.717, 1.165) is 44.9 Å². The molecular weight excluding hydrogens is 308 g/mol. The highest BCUT2D eigenvalue weighted by atomic mass is 16.5. The highest BCUT2D eigenvalue weighted by Crippen LogP contribution is 2.37. The predicted octanol–water partition coefficient (Wildman–Crippen LogP) is 3.40. The summed E-state index contributed by atoms with van der Waals surface area (Å²) in [7, 11) is 0. The van der Waals surface area contributed by atoms with E-state index >= 15 is 0 Å². The second-order valence-corrected chi connectivity index (χ2v) is 5.92. The number of aryl methyl sites for hydroxylation is 4.